The van der Waals surface area contributed by atoms with Crippen LogP contribution in [0.4, 0.5) is 10.5 Å². The average Bonchev–Trinajstić information content (AvgIpc) is 2.85. The number of amides is 2. The highest BCUT2D eigenvalue weighted by Gasteiger charge is 2.35. The van der Waals surface area contributed by atoms with Gasteiger partial charge in [0.15, 0.2) is 0 Å². The highest BCUT2D eigenvalue weighted by atomic mass is 16.5. The lowest BCUT2D eigenvalue weighted by molar-refractivity contribution is -0.136. The van der Waals surface area contributed by atoms with Crippen molar-refractivity contribution in [3.8, 4) is 5.75 Å². The molecule has 0 bridgehead atoms. The predicted octanol–water partition coefficient (Wildman–Crippen LogP) is 3.00. The maximum absolute atomic E-state index is 12.9. The molecule has 2 aromatic carbocycles. The molecule has 2 heterocycles. The first-order valence-corrected chi connectivity index (χ1v) is 11.6. The van der Waals surface area contributed by atoms with E-state index in [-0.39, 0.29) is 6.03 Å². The third kappa shape index (κ3) is 5.02. The molecule has 180 valence electrons. The molecule has 0 radical (unpaired) electrons. The third-order valence-electron chi connectivity index (χ3n) is 6.30. The Labute approximate surface area is 200 Å². The largest absolute Gasteiger partial charge is 0.494 e. The summed E-state index contributed by atoms with van der Waals surface area (Å²) < 4.78 is 10.9. The number of para-hydroxylation sites is 2. The normalized spacial score (nSPS) is 18.9. The van der Waals surface area contributed by atoms with Crippen molar-refractivity contribution in [1.82, 2.24) is 15.5 Å². The number of urea groups is 1. The van der Waals surface area contributed by atoms with Gasteiger partial charge in [-0.15, -0.1) is 0 Å². The Kier molecular flexibility index (Phi) is 7.37. The van der Waals surface area contributed by atoms with E-state index in [1.807, 2.05) is 31.2 Å². The number of carbonyl (C=O) groups is 2. The molecule has 2 aromatic rings. The van der Waals surface area contributed by atoms with Crippen LogP contribution in [0.5, 0.6) is 5.75 Å². The van der Waals surface area contributed by atoms with E-state index >= 15 is 0 Å². The summed E-state index contributed by atoms with van der Waals surface area (Å²) in [5.74, 6) is 0.155. The van der Waals surface area contributed by atoms with Gasteiger partial charge in [-0.25, -0.2) is 9.59 Å². The maximum atomic E-state index is 12.9. The van der Waals surface area contributed by atoms with E-state index in [0.29, 0.717) is 30.2 Å². The summed E-state index contributed by atoms with van der Waals surface area (Å²) in [7, 11) is 1.36. The zero-order chi connectivity index (χ0) is 24.1. The number of esters is 1. The molecule has 4 rings (SSSR count). The fourth-order valence-corrected chi connectivity index (χ4v) is 4.62. The predicted molar refractivity (Wildman–Crippen MR) is 131 cm³/mol. The van der Waals surface area contributed by atoms with E-state index in [1.165, 1.54) is 18.4 Å². The van der Waals surface area contributed by atoms with Crippen LogP contribution in [0.1, 0.15) is 24.1 Å². The second-order valence-electron chi connectivity index (χ2n) is 8.44. The molecular weight excluding hydrogens is 432 g/mol. The fourth-order valence-electron chi connectivity index (χ4n) is 4.62. The minimum Gasteiger partial charge on any atom is -0.494 e. The van der Waals surface area contributed by atoms with E-state index in [1.54, 1.807) is 0 Å². The topological polar surface area (TPSA) is 83.1 Å². The number of rotatable bonds is 7. The zero-order valence-corrected chi connectivity index (χ0v) is 20.0. The van der Waals surface area contributed by atoms with Crippen LogP contribution in [0.25, 0.3) is 0 Å². The Morgan fingerprint density at radius 3 is 2.47 bits per heavy atom. The molecule has 1 atom stereocenters. The van der Waals surface area contributed by atoms with Crippen LogP contribution in [0.15, 0.2) is 59.8 Å². The lowest BCUT2D eigenvalue weighted by Crippen LogP contribution is -2.52. The number of anilines is 1. The summed E-state index contributed by atoms with van der Waals surface area (Å²) in [4.78, 5) is 30.2. The van der Waals surface area contributed by atoms with Gasteiger partial charge in [-0.05, 0) is 31.5 Å². The second kappa shape index (κ2) is 10.6. The molecule has 2 aliphatic rings. The number of hydrogen-bond acceptors (Lipinski definition) is 6. The van der Waals surface area contributed by atoms with E-state index in [2.05, 4.69) is 51.6 Å². The van der Waals surface area contributed by atoms with Crippen LogP contribution >= 0.6 is 0 Å². The Morgan fingerprint density at radius 2 is 1.76 bits per heavy atom. The van der Waals surface area contributed by atoms with Gasteiger partial charge in [0.05, 0.1) is 25.3 Å². The molecule has 0 saturated carbocycles. The second-order valence-corrected chi connectivity index (χ2v) is 8.44. The molecule has 2 amide bonds. The summed E-state index contributed by atoms with van der Waals surface area (Å²) >= 11 is 0. The van der Waals surface area contributed by atoms with Crippen LogP contribution in [0, 0.1) is 6.92 Å². The van der Waals surface area contributed by atoms with Crippen molar-refractivity contribution in [2.75, 3.05) is 51.3 Å². The van der Waals surface area contributed by atoms with E-state index in [0.717, 1.165) is 31.7 Å². The first kappa shape index (κ1) is 23.6. The van der Waals surface area contributed by atoms with Gasteiger partial charge in [-0.2, -0.15) is 0 Å². The van der Waals surface area contributed by atoms with Crippen molar-refractivity contribution in [2.45, 2.75) is 19.9 Å². The number of piperazine rings is 1. The van der Waals surface area contributed by atoms with Gasteiger partial charge in [0.2, 0.25) is 0 Å². The first-order chi connectivity index (χ1) is 16.5. The SMILES string of the molecule is CCOc1ccccc1[C@H]1NC(=O)NC(CN2CCN(c3ccccc3C)CC2)=C1C(=O)OC. The van der Waals surface area contributed by atoms with Gasteiger partial charge >= 0.3 is 12.0 Å². The Bertz CT molecular complexity index is 1080. The summed E-state index contributed by atoms with van der Waals surface area (Å²) in [6, 6.07) is 14.8. The van der Waals surface area contributed by atoms with Gasteiger partial charge in [-0.3, -0.25) is 4.90 Å². The number of ether oxygens (including phenoxy) is 2. The minimum atomic E-state index is -0.660. The van der Waals surface area contributed by atoms with Gasteiger partial charge in [-0.1, -0.05) is 36.4 Å². The number of nitrogens with one attached hydrogen (secondary N) is 2. The molecule has 1 fully saturated rings. The molecule has 0 unspecified atom stereocenters. The highest BCUT2D eigenvalue weighted by Crippen LogP contribution is 2.34. The van der Waals surface area contributed by atoms with E-state index in [4.69, 9.17) is 9.47 Å². The number of benzene rings is 2. The van der Waals surface area contributed by atoms with Crippen molar-refractivity contribution in [3.05, 3.63) is 70.9 Å². The number of hydrogen-bond donors (Lipinski definition) is 2. The number of methoxy groups -OCH3 is 1. The van der Waals surface area contributed by atoms with Crippen molar-refractivity contribution >= 4 is 17.7 Å². The van der Waals surface area contributed by atoms with Crippen LogP contribution < -0.4 is 20.3 Å². The fraction of sp³-hybridized carbons (Fsp3) is 0.385. The molecule has 0 aliphatic carbocycles. The Balaban J connectivity index is 1.58. The summed E-state index contributed by atoms with van der Waals surface area (Å²) in [5, 5.41) is 5.75. The molecular formula is C26H32N4O4. The quantitative estimate of drug-likeness (QED) is 0.613. The van der Waals surface area contributed by atoms with Crippen LogP contribution in [0.3, 0.4) is 0 Å². The molecule has 8 heteroatoms. The molecule has 0 aromatic heterocycles. The smallest absolute Gasteiger partial charge is 0.338 e. The van der Waals surface area contributed by atoms with Crippen molar-refractivity contribution in [1.29, 1.82) is 0 Å². The Hall–Kier alpha value is -3.52. The van der Waals surface area contributed by atoms with Crippen LogP contribution in [-0.2, 0) is 9.53 Å². The van der Waals surface area contributed by atoms with Crippen molar-refractivity contribution in [2.24, 2.45) is 0 Å². The van der Waals surface area contributed by atoms with E-state index in [9.17, 15) is 9.59 Å². The highest BCUT2D eigenvalue weighted by molar-refractivity contribution is 5.95. The molecule has 1 saturated heterocycles. The monoisotopic (exact) mass is 464 g/mol. The maximum Gasteiger partial charge on any atom is 0.338 e. The summed E-state index contributed by atoms with van der Waals surface area (Å²) in [6.07, 6.45) is 0. The molecule has 2 N–H and O–H groups in total. The number of nitrogens with zero attached hydrogens (tertiary/aromatic N) is 2. The first-order valence-electron chi connectivity index (χ1n) is 11.6. The van der Waals surface area contributed by atoms with Crippen LogP contribution in [-0.4, -0.2) is 63.3 Å². The molecule has 0 spiro atoms. The van der Waals surface area contributed by atoms with Gasteiger partial charge in [0.1, 0.15) is 5.75 Å². The van der Waals surface area contributed by atoms with E-state index < -0.39 is 12.0 Å². The average molecular weight is 465 g/mol. The zero-order valence-electron chi connectivity index (χ0n) is 20.0. The lowest BCUT2D eigenvalue weighted by Gasteiger charge is -2.38. The van der Waals surface area contributed by atoms with Crippen molar-refractivity contribution < 1.29 is 19.1 Å². The minimum absolute atomic E-state index is 0.350. The lowest BCUT2D eigenvalue weighted by atomic mass is 9.94. The molecule has 34 heavy (non-hydrogen) atoms. The van der Waals surface area contributed by atoms with Crippen LogP contribution in [0.2, 0.25) is 0 Å². The van der Waals surface area contributed by atoms with Gasteiger partial charge < -0.3 is 25.0 Å². The van der Waals surface area contributed by atoms with Crippen molar-refractivity contribution in [3.63, 3.8) is 0 Å². The molecule has 8 nitrogen and oxygen atoms in total. The molecule has 2 aliphatic heterocycles. The summed E-state index contributed by atoms with van der Waals surface area (Å²) in [5.41, 5.74) is 4.20. The summed E-state index contributed by atoms with van der Waals surface area (Å²) in [6.45, 7) is 8.32. The third-order valence-corrected chi connectivity index (χ3v) is 6.30. The number of aryl methyl sites for hydroxylation is 1. The Morgan fingerprint density at radius 1 is 1.06 bits per heavy atom. The van der Waals surface area contributed by atoms with Gasteiger partial charge in [0.25, 0.3) is 0 Å². The number of carbonyl (C=O) groups excluding carboxylic acids is 2. The standard InChI is InChI=1S/C26H32N4O4/c1-4-34-22-12-8-6-10-19(22)24-23(25(31)33-3)20(27-26(32)28-24)17-29-13-15-30(16-14-29)21-11-7-5-9-18(21)2/h5-12,24H,4,13-17H2,1-3H3,(H2,27,28,32)/t24-/m1/s1. The van der Waals surface area contributed by atoms with Gasteiger partial charge in [0, 0.05) is 49.7 Å².